The van der Waals surface area contributed by atoms with E-state index in [-0.39, 0.29) is 0 Å². The van der Waals surface area contributed by atoms with Gasteiger partial charge in [0.15, 0.2) is 0 Å². The highest BCUT2D eigenvalue weighted by molar-refractivity contribution is 7.99. The molecule has 0 radical (unpaired) electrons. The van der Waals surface area contributed by atoms with Gasteiger partial charge in [-0.15, -0.1) is 11.8 Å². The molecule has 1 atom stereocenters. The molecule has 0 bridgehead atoms. The van der Waals surface area contributed by atoms with Crippen molar-refractivity contribution in [1.29, 1.82) is 0 Å². The van der Waals surface area contributed by atoms with E-state index in [0.29, 0.717) is 6.10 Å². The van der Waals surface area contributed by atoms with E-state index in [1.54, 1.807) is 0 Å². The molecule has 88 valence electrons. The maximum absolute atomic E-state index is 5.55. The summed E-state index contributed by atoms with van der Waals surface area (Å²) in [5.74, 6) is 1.12. The molecule has 1 aliphatic heterocycles. The minimum Gasteiger partial charge on any atom is -0.377 e. The standard InChI is InChI=1S/C13H19NOS/c1-2-6-13(7-3-1)16-10-8-14-11-12-5-4-9-15-12/h1-3,6-7,12,14H,4-5,8-11H2. The van der Waals surface area contributed by atoms with E-state index in [1.165, 1.54) is 17.7 Å². The van der Waals surface area contributed by atoms with Gasteiger partial charge in [-0.3, -0.25) is 0 Å². The van der Waals surface area contributed by atoms with Crippen molar-refractivity contribution in [3.8, 4) is 0 Å². The molecule has 1 unspecified atom stereocenters. The zero-order valence-corrected chi connectivity index (χ0v) is 10.3. The van der Waals surface area contributed by atoms with Gasteiger partial charge in [-0.2, -0.15) is 0 Å². The van der Waals surface area contributed by atoms with Gasteiger partial charge in [-0.25, -0.2) is 0 Å². The number of benzene rings is 1. The van der Waals surface area contributed by atoms with Crippen LogP contribution in [0, 0.1) is 0 Å². The van der Waals surface area contributed by atoms with Gasteiger partial charge in [-0.05, 0) is 25.0 Å². The minimum atomic E-state index is 0.460. The van der Waals surface area contributed by atoms with Crippen LogP contribution in [0.2, 0.25) is 0 Å². The van der Waals surface area contributed by atoms with Gasteiger partial charge in [0.2, 0.25) is 0 Å². The van der Waals surface area contributed by atoms with Crippen molar-refractivity contribution in [3.05, 3.63) is 30.3 Å². The van der Waals surface area contributed by atoms with Crippen LogP contribution in [-0.2, 0) is 4.74 Å². The Morgan fingerprint density at radius 2 is 2.19 bits per heavy atom. The first-order valence-corrected chi connectivity index (χ1v) is 6.94. The highest BCUT2D eigenvalue weighted by atomic mass is 32.2. The maximum Gasteiger partial charge on any atom is 0.0700 e. The summed E-state index contributed by atoms with van der Waals surface area (Å²) < 4.78 is 5.55. The van der Waals surface area contributed by atoms with Gasteiger partial charge >= 0.3 is 0 Å². The highest BCUT2D eigenvalue weighted by Gasteiger charge is 2.13. The van der Waals surface area contributed by atoms with Gasteiger partial charge in [-0.1, -0.05) is 18.2 Å². The van der Waals surface area contributed by atoms with Crippen LogP contribution < -0.4 is 5.32 Å². The van der Waals surface area contributed by atoms with Gasteiger partial charge in [0.1, 0.15) is 0 Å². The third-order valence-electron chi connectivity index (χ3n) is 2.69. The Kier molecular flexibility index (Phi) is 5.19. The summed E-state index contributed by atoms with van der Waals surface area (Å²) in [6, 6.07) is 10.5. The topological polar surface area (TPSA) is 21.3 Å². The van der Waals surface area contributed by atoms with Crippen molar-refractivity contribution < 1.29 is 4.74 Å². The molecule has 3 heteroatoms. The monoisotopic (exact) mass is 237 g/mol. The number of hydrogen-bond acceptors (Lipinski definition) is 3. The molecule has 1 aromatic rings. The fourth-order valence-corrected chi connectivity index (χ4v) is 2.66. The van der Waals surface area contributed by atoms with Crippen LogP contribution in [0.1, 0.15) is 12.8 Å². The summed E-state index contributed by atoms with van der Waals surface area (Å²) in [4.78, 5) is 1.35. The lowest BCUT2D eigenvalue weighted by atomic mass is 10.2. The van der Waals surface area contributed by atoms with Crippen molar-refractivity contribution in [2.45, 2.75) is 23.8 Å². The number of ether oxygens (including phenoxy) is 1. The molecular weight excluding hydrogens is 218 g/mol. The summed E-state index contributed by atoms with van der Waals surface area (Å²) >= 11 is 1.90. The zero-order chi connectivity index (χ0) is 11.1. The quantitative estimate of drug-likeness (QED) is 0.607. The molecule has 1 heterocycles. The van der Waals surface area contributed by atoms with Gasteiger partial charge < -0.3 is 10.1 Å². The summed E-state index contributed by atoms with van der Waals surface area (Å²) in [5.41, 5.74) is 0. The molecule has 0 aliphatic carbocycles. The van der Waals surface area contributed by atoms with E-state index in [2.05, 4.69) is 35.6 Å². The van der Waals surface area contributed by atoms with E-state index in [1.807, 2.05) is 11.8 Å². The zero-order valence-electron chi connectivity index (χ0n) is 9.52. The largest absolute Gasteiger partial charge is 0.377 e. The SMILES string of the molecule is c1ccc(SCCNCC2CCCO2)cc1. The lowest BCUT2D eigenvalue weighted by Gasteiger charge is -2.10. The first-order chi connectivity index (χ1) is 7.95. The van der Waals surface area contributed by atoms with Crippen molar-refractivity contribution >= 4 is 11.8 Å². The van der Waals surface area contributed by atoms with Crippen LogP contribution >= 0.6 is 11.8 Å². The Labute approximate surface area is 102 Å². The molecule has 0 aromatic heterocycles. The fraction of sp³-hybridized carbons (Fsp3) is 0.538. The van der Waals surface area contributed by atoms with Crippen molar-refractivity contribution in [2.75, 3.05) is 25.4 Å². The predicted molar refractivity (Wildman–Crippen MR) is 69.0 cm³/mol. The van der Waals surface area contributed by atoms with E-state index in [9.17, 15) is 0 Å². The summed E-state index contributed by atoms with van der Waals surface area (Å²) in [6.45, 7) is 3.01. The molecule has 1 saturated heterocycles. The van der Waals surface area contributed by atoms with Crippen LogP contribution in [0.15, 0.2) is 35.2 Å². The average Bonchev–Trinajstić information content (AvgIpc) is 2.83. The van der Waals surface area contributed by atoms with Crippen LogP contribution in [0.3, 0.4) is 0 Å². The Bertz CT molecular complexity index is 285. The smallest absolute Gasteiger partial charge is 0.0700 e. The first-order valence-electron chi connectivity index (χ1n) is 5.95. The van der Waals surface area contributed by atoms with E-state index >= 15 is 0 Å². The van der Waals surface area contributed by atoms with E-state index < -0.39 is 0 Å². The summed E-state index contributed by atoms with van der Waals surface area (Å²) in [7, 11) is 0. The number of nitrogens with one attached hydrogen (secondary N) is 1. The van der Waals surface area contributed by atoms with Gasteiger partial charge in [0, 0.05) is 30.3 Å². The molecule has 0 spiro atoms. The second-order valence-electron chi connectivity index (χ2n) is 4.00. The van der Waals surface area contributed by atoms with E-state index in [4.69, 9.17) is 4.74 Å². The molecule has 2 rings (SSSR count). The lowest BCUT2D eigenvalue weighted by molar-refractivity contribution is 0.110. The minimum absolute atomic E-state index is 0.460. The Morgan fingerprint density at radius 3 is 2.94 bits per heavy atom. The summed E-state index contributed by atoms with van der Waals surface area (Å²) in [5, 5.41) is 3.45. The second kappa shape index (κ2) is 6.94. The van der Waals surface area contributed by atoms with Crippen LogP contribution in [0.25, 0.3) is 0 Å². The Morgan fingerprint density at radius 1 is 1.31 bits per heavy atom. The van der Waals surface area contributed by atoms with E-state index in [0.717, 1.165) is 25.4 Å². The van der Waals surface area contributed by atoms with Crippen molar-refractivity contribution in [1.82, 2.24) is 5.32 Å². The molecule has 2 nitrogen and oxygen atoms in total. The van der Waals surface area contributed by atoms with Crippen molar-refractivity contribution in [2.24, 2.45) is 0 Å². The third kappa shape index (κ3) is 4.16. The number of rotatable bonds is 6. The first kappa shape index (κ1) is 12.0. The van der Waals surface area contributed by atoms with Crippen LogP contribution in [-0.4, -0.2) is 31.6 Å². The molecule has 0 saturated carbocycles. The van der Waals surface area contributed by atoms with Gasteiger partial charge in [0.05, 0.1) is 6.10 Å². The van der Waals surface area contributed by atoms with Crippen LogP contribution in [0.5, 0.6) is 0 Å². The lowest BCUT2D eigenvalue weighted by Crippen LogP contribution is -2.27. The predicted octanol–water partition coefficient (Wildman–Crippen LogP) is 2.55. The average molecular weight is 237 g/mol. The second-order valence-corrected chi connectivity index (χ2v) is 5.17. The number of thioether (sulfide) groups is 1. The fourth-order valence-electron chi connectivity index (χ4n) is 1.83. The Balaban J connectivity index is 1.52. The highest BCUT2D eigenvalue weighted by Crippen LogP contribution is 2.16. The molecule has 1 N–H and O–H groups in total. The van der Waals surface area contributed by atoms with Gasteiger partial charge in [0.25, 0.3) is 0 Å². The maximum atomic E-state index is 5.55. The Hall–Kier alpha value is -0.510. The molecular formula is C13H19NOS. The molecule has 1 aliphatic rings. The normalized spacial score (nSPS) is 20.1. The van der Waals surface area contributed by atoms with Crippen molar-refractivity contribution in [3.63, 3.8) is 0 Å². The molecule has 0 amide bonds. The molecule has 16 heavy (non-hydrogen) atoms. The summed E-state index contributed by atoms with van der Waals surface area (Å²) in [6.07, 6.45) is 2.91. The molecule has 1 fully saturated rings. The van der Waals surface area contributed by atoms with Crippen LogP contribution in [0.4, 0.5) is 0 Å². The third-order valence-corrected chi connectivity index (χ3v) is 3.70. The number of hydrogen-bond donors (Lipinski definition) is 1. The molecule has 1 aromatic carbocycles.